The number of benzene rings is 1. The number of halogens is 1. The van der Waals surface area contributed by atoms with E-state index in [2.05, 4.69) is 5.32 Å². The summed E-state index contributed by atoms with van der Waals surface area (Å²) in [7, 11) is 0. The smallest absolute Gasteiger partial charge is 0.281 e. The van der Waals surface area contributed by atoms with E-state index in [1.807, 2.05) is 23.8 Å². The number of thiophene rings is 1. The van der Waals surface area contributed by atoms with Gasteiger partial charge in [-0.05, 0) is 42.1 Å². The minimum absolute atomic E-state index is 0. The van der Waals surface area contributed by atoms with Crippen LogP contribution in [0.5, 0.6) is 17.2 Å². The number of hydrogen-bond acceptors (Lipinski definition) is 8. The lowest BCUT2D eigenvalue weighted by molar-refractivity contribution is -0.131. The zero-order valence-electron chi connectivity index (χ0n) is 15.4. The summed E-state index contributed by atoms with van der Waals surface area (Å²) in [4.78, 5) is 11.0. The lowest BCUT2D eigenvalue weighted by atomic mass is 10.2. The molecule has 0 aliphatic rings. The lowest BCUT2D eigenvalue weighted by Crippen LogP contribution is -2.33. The summed E-state index contributed by atoms with van der Waals surface area (Å²) >= 11 is 1.55. The first-order valence-corrected chi connectivity index (χ1v) is 9.35. The molecule has 156 valence electrons. The van der Waals surface area contributed by atoms with E-state index in [4.69, 9.17) is 19.4 Å². The molecule has 1 heterocycles. The number of amides is 1. The average molecular weight is 433 g/mol. The van der Waals surface area contributed by atoms with Gasteiger partial charge in [-0.1, -0.05) is 0 Å². The lowest BCUT2D eigenvalue weighted by Gasteiger charge is -2.13. The maximum atomic E-state index is 11.0. The fraction of sp³-hybridized carbons (Fsp3) is 0.389. The molecule has 1 aromatic heterocycles. The van der Waals surface area contributed by atoms with Gasteiger partial charge in [-0.2, -0.15) is 0 Å². The highest BCUT2D eigenvalue weighted by Gasteiger charge is 2.07. The third-order valence-corrected chi connectivity index (χ3v) is 4.16. The summed E-state index contributed by atoms with van der Waals surface area (Å²) in [6.45, 7) is 3.22. The third kappa shape index (κ3) is 8.77. The first-order valence-electron chi connectivity index (χ1n) is 8.41. The number of ether oxygens (including phenoxy) is 3. The molecule has 28 heavy (non-hydrogen) atoms. The fourth-order valence-electron chi connectivity index (χ4n) is 2.14. The van der Waals surface area contributed by atoms with Gasteiger partial charge in [0.25, 0.3) is 5.91 Å². The largest absolute Gasteiger partial charge is 0.492 e. The van der Waals surface area contributed by atoms with Crippen molar-refractivity contribution >= 4 is 29.7 Å². The number of aliphatic hydroxyl groups is 1. The van der Waals surface area contributed by atoms with Crippen LogP contribution in [0, 0.1) is 6.92 Å². The molecule has 0 saturated carbocycles. The van der Waals surface area contributed by atoms with Gasteiger partial charge in [0.05, 0.1) is 0 Å². The van der Waals surface area contributed by atoms with Gasteiger partial charge < -0.3 is 24.6 Å². The maximum Gasteiger partial charge on any atom is 0.281 e. The van der Waals surface area contributed by atoms with E-state index in [9.17, 15) is 9.90 Å². The van der Waals surface area contributed by atoms with Crippen molar-refractivity contribution in [3.05, 3.63) is 40.6 Å². The highest BCUT2D eigenvalue weighted by Crippen LogP contribution is 2.23. The van der Waals surface area contributed by atoms with E-state index in [1.54, 1.807) is 29.5 Å². The molecular formula is C18H25ClN2O6S. The van der Waals surface area contributed by atoms with Crippen LogP contribution in [0.3, 0.4) is 0 Å². The topological polar surface area (TPSA) is 109 Å². The molecule has 2 aromatic rings. The molecule has 2 rings (SSSR count). The standard InChI is InChI=1S/C18H24N2O6S.ClH/c1-13-8-15(2-3-17(13)26-11-18(22)20-23)24-6-5-19-9-14(21)10-25-16-4-7-27-12-16;/h2-4,7-8,12,14,19,21,23H,5-6,9-11H2,1H3,(H,20,22);1H. The number of carbonyl (C=O) groups is 1. The van der Waals surface area contributed by atoms with Crippen LogP contribution in [0.4, 0.5) is 0 Å². The molecule has 1 amide bonds. The zero-order chi connectivity index (χ0) is 19.5. The fourth-order valence-corrected chi connectivity index (χ4v) is 2.72. The first-order chi connectivity index (χ1) is 13.1. The number of carbonyl (C=O) groups excluding carboxylic acids is 1. The molecule has 4 N–H and O–H groups in total. The van der Waals surface area contributed by atoms with Crippen LogP contribution in [0.1, 0.15) is 5.56 Å². The number of rotatable bonds is 12. The molecule has 0 saturated heterocycles. The number of aliphatic hydroxyl groups excluding tert-OH is 1. The number of aryl methyl sites for hydroxylation is 1. The minimum Gasteiger partial charge on any atom is -0.492 e. The monoisotopic (exact) mass is 432 g/mol. The minimum atomic E-state index is -0.622. The molecule has 1 aromatic carbocycles. The molecule has 0 aliphatic heterocycles. The molecule has 0 fully saturated rings. The highest BCUT2D eigenvalue weighted by molar-refractivity contribution is 7.08. The van der Waals surface area contributed by atoms with Crippen LogP contribution >= 0.6 is 23.7 Å². The van der Waals surface area contributed by atoms with E-state index < -0.39 is 12.0 Å². The second kappa shape index (κ2) is 13.2. The molecule has 1 atom stereocenters. The Morgan fingerprint density at radius 3 is 2.71 bits per heavy atom. The Bertz CT molecular complexity index is 701. The Kier molecular flexibility index (Phi) is 11.3. The van der Waals surface area contributed by atoms with Crippen LogP contribution < -0.4 is 25.0 Å². The molecule has 0 aliphatic carbocycles. The van der Waals surface area contributed by atoms with Gasteiger partial charge in [-0.3, -0.25) is 10.0 Å². The van der Waals surface area contributed by atoms with E-state index in [1.165, 1.54) is 5.48 Å². The quantitative estimate of drug-likeness (QED) is 0.230. The van der Waals surface area contributed by atoms with E-state index >= 15 is 0 Å². The summed E-state index contributed by atoms with van der Waals surface area (Å²) in [5.74, 6) is 1.36. The molecule has 0 spiro atoms. The Labute approximate surface area is 173 Å². The predicted octanol–water partition coefficient (Wildman–Crippen LogP) is 1.77. The van der Waals surface area contributed by atoms with Crippen molar-refractivity contribution in [1.82, 2.24) is 10.8 Å². The average Bonchev–Trinajstić information content (AvgIpc) is 3.18. The Morgan fingerprint density at radius 2 is 2.04 bits per heavy atom. The highest BCUT2D eigenvalue weighted by atomic mass is 35.5. The van der Waals surface area contributed by atoms with Crippen molar-refractivity contribution in [2.75, 3.05) is 32.9 Å². The Balaban J connectivity index is 0.00000392. The molecule has 0 bridgehead atoms. The van der Waals surface area contributed by atoms with Crippen LogP contribution in [0.2, 0.25) is 0 Å². The van der Waals surface area contributed by atoms with E-state index in [0.717, 1.165) is 11.3 Å². The summed E-state index contributed by atoms with van der Waals surface area (Å²) in [5, 5.41) is 25.2. The van der Waals surface area contributed by atoms with Gasteiger partial charge in [0, 0.05) is 18.5 Å². The molecule has 1 unspecified atom stereocenters. The molecule has 8 nitrogen and oxygen atoms in total. The Morgan fingerprint density at radius 1 is 1.21 bits per heavy atom. The van der Waals surface area contributed by atoms with Crippen molar-refractivity contribution in [3.8, 4) is 17.2 Å². The van der Waals surface area contributed by atoms with Crippen molar-refractivity contribution in [2.24, 2.45) is 0 Å². The molecular weight excluding hydrogens is 408 g/mol. The SMILES string of the molecule is Cc1cc(OCCNCC(O)COc2ccsc2)ccc1OCC(=O)NO.Cl. The van der Waals surface area contributed by atoms with Crippen molar-refractivity contribution in [1.29, 1.82) is 0 Å². The van der Waals surface area contributed by atoms with E-state index in [0.29, 0.717) is 31.2 Å². The molecule has 10 heteroatoms. The zero-order valence-corrected chi connectivity index (χ0v) is 17.1. The van der Waals surface area contributed by atoms with Gasteiger partial charge >= 0.3 is 0 Å². The van der Waals surface area contributed by atoms with Crippen molar-refractivity contribution in [3.63, 3.8) is 0 Å². The van der Waals surface area contributed by atoms with Crippen LogP contribution in [0.25, 0.3) is 0 Å². The van der Waals surface area contributed by atoms with Crippen LogP contribution in [-0.4, -0.2) is 55.2 Å². The summed E-state index contributed by atoms with van der Waals surface area (Å²) in [5.41, 5.74) is 2.32. The van der Waals surface area contributed by atoms with Crippen LogP contribution in [-0.2, 0) is 4.79 Å². The van der Waals surface area contributed by atoms with Gasteiger partial charge in [0.15, 0.2) is 6.61 Å². The van der Waals surface area contributed by atoms with Gasteiger partial charge in [0.1, 0.15) is 36.6 Å². The third-order valence-electron chi connectivity index (χ3n) is 3.49. The summed E-state index contributed by atoms with van der Waals surface area (Å²) in [6.07, 6.45) is -0.598. The predicted molar refractivity (Wildman–Crippen MR) is 108 cm³/mol. The first kappa shape index (κ1) is 24.0. The van der Waals surface area contributed by atoms with Crippen LogP contribution in [0.15, 0.2) is 35.0 Å². The summed E-state index contributed by atoms with van der Waals surface area (Å²) < 4.78 is 16.4. The van der Waals surface area contributed by atoms with Gasteiger partial charge in [-0.15, -0.1) is 23.7 Å². The van der Waals surface area contributed by atoms with Crippen molar-refractivity contribution < 1.29 is 29.3 Å². The second-order valence-electron chi connectivity index (χ2n) is 5.73. The van der Waals surface area contributed by atoms with Crippen molar-refractivity contribution in [2.45, 2.75) is 13.0 Å². The number of hydrogen-bond donors (Lipinski definition) is 4. The number of nitrogens with one attached hydrogen (secondary N) is 2. The maximum absolute atomic E-state index is 11.0. The Hall–Kier alpha value is -2.04. The van der Waals surface area contributed by atoms with Gasteiger partial charge in [0.2, 0.25) is 0 Å². The normalized spacial score (nSPS) is 11.2. The second-order valence-corrected chi connectivity index (χ2v) is 6.51. The number of hydroxylamine groups is 1. The summed E-state index contributed by atoms with van der Waals surface area (Å²) in [6, 6.07) is 7.10. The van der Waals surface area contributed by atoms with E-state index in [-0.39, 0.29) is 25.6 Å². The van der Waals surface area contributed by atoms with Gasteiger partial charge in [-0.25, -0.2) is 5.48 Å². The molecule has 0 radical (unpaired) electrons.